The second-order valence-corrected chi connectivity index (χ2v) is 6.22. The summed E-state index contributed by atoms with van der Waals surface area (Å²) in [6.45, 7) is 0. The van der Waals surface area contributed by atoms with Gasteiger partial charge in [-0.15, -0.1) is 0 Å². The number of nitrogens with zero attached hydrogens (tertiary/aromatic N) is 2. The van der Waals surface area contributed by atoms with Crippen molar-refractivity contribution in [3.05, 3.63) is 70.5 Å². The molecule has 0 fully saturated rings. The SMILES string of the molecule is Cn1cc(C(=O)Nc2c(F)cccc2-c2ccc(Cl)c(F)c2)c(C(F)(F)F)n1. The molecule has 3 aromatic rings. The summed E-state index contributed by atoms with van der Waals surface area (Å²) in [7, 11) is 1.22. The van der Waals surface area contributed by atoms with E-state index < -0.39 is 40.7 Å². The average Bonchev–Trinajstić information content (AvgIpc) is 3.01. The molecular weight excluding hydrogens is 405 g/mol. The van der Waals surface area contributed by atoms with Gasteiger partial charge in [-0.1, -0.05) is 29.8 Å². The molecule has 1 heterocycles. The molecule has 1 amide bonds. The first-order valence-corrected chi connectivity index (χ1v) is 8.12. The van der Waals surface area contributed by atoms with E-state index in [2.05, 4.69) is 10.4 Å². The van der Waals surface area contributed by atoms with Crippen LogP contribution in [0.25, 0.3) is 11.1 Å². The Balaban J connectivity index is 2.04. The largest absolute Gasteiger partial charge is 0.435 e. The molecular formula is C18H11ClF5N3O. The zero-order valence-corrected chi connectivity index (χ0v) is 14.9. The van der Waals surface area contributed by atoms with E-state index >= 15 is 0 Å². The van der Waals surface area contributed by atoms with Crippen LogP contribution < -0.4 is 5.32 Å². The van der Waals surface area contributed by atoms with E-state index in [0.29, 0.717) is 0 Å². The monoisotopic (exact) mass is 415 g/mol. The molecule has 0 atom stereocenters. The van der Waals surface area contributed by atoms with E-state index in [4.69, 9.17) is 11.6 Å². The van der Waals surface area contributed by atoms with Crippen molar-refractivity contribution >= 4 is 23.2 Å². The summed E-state index contributed by atoms with van der Waals surface area (Å²) in [5, 5.41) is 5.22. The molecule has 3 rings (SSSR count). The van der Waals surface area contributed by atoms with Crippen LogP contribution in [0.3, 0.4) is 0 Å². The first-order valence-electron chi connectivity index (χ1n) is 7.74. The number of carbonyl (C=O) groups is 1. The van der Waals surface area contributed by atoms with Gasteiger partial charge in [0, 0.05) is 18.8 Å². The second-order valence-electron chi connectivity index (χ2n) is 5.81. The molecule has 0 aliphatic carbocycles. The van der Waals surface area contributed by atoms with Gasteiger partial charge >= 0.3 is 6.18 Å². The number of halogens is 6. The third-order valence-corrected chi connectivity index (χ3v) is 4.13. The number of benzene rings is 2. The number of aromatic nitrogens is 2. The number of hydrogen-bond donors (Lipinski definition) is 1. The smallest absolute Gasteiger partial charge is 0.319 e. The van der Waals surface area contributed by atoms with Gasteiger partial charge in [-0.3, -0.25) is 9.48 Å². The van der Waals surface area contributed by atoms with Crippen molar-refractivity contribution < 1.29 is 26.7 Å². The Bertz CT molecular complexity index is 1060. The van der Waals surface area contributed by atoms with E-state index in [9.17, 15) is 26.7 Å². The second kappa shape index (κ2) is 7.23. The summed E-state index contributed by atoms with van der Waals surface area (Å²) in [6.07, 6.45) is -3.99. The van der Waals surface area contributed by atoms with Gasteiger partial charge in [0.15, 0.2) is 5.69 Å². The fraction of sp³-hybridized carbons (Fsp3) is 0.111. The van der Waals surface area contributed by atoms with Crippen molar-refractivity contribution in [2.24, 2.45) is 7.05 Å². The highest BCUT2D eigenvalue weighted by Crippen LogP contribution is 2.34. The summed E-state index contributed by atoms with van der Waals surface area (Å²) in [5.41, 5.74) is -2.32. The van der Waals surface area contributed by atoms with Crippen LogP contribution in [0.2, 0.25) is 5.02 Å². The molecule has 0 spiro atoms. The number of anilines is 1. The minimum Gasteiger partial charge on any atom is -0.319 e. The molecule has 0 saturated heterocycles. The first kappa shape index (κ1) is 19.8. The molecule has 146 valence electrons. The number of nitrogens with one attached hydrogen (secondary N) is 1. The Morgan fingerprint density at radius 3 is 2.50 bits per heavy atom. The fourth-order valence-electron chi connectivity index (χ4n) is 2.60. The summed E-state index contributed by atoms with van der Waals surface area (Å²) >= 11 is 5.63. The highest BCUT2D eigenvalue weighted by molar-refractivity contribution is 6.30. The van der Waals surface area contributed by atoms with Gasteiger partial charge < -0.3 is 5.32 Å². The molecule has 1 aromatic heterocycles. The minimum absolute atomic E-state index is 0.0707. The van der Waals surface area contributed by atoms with Gasteiger partial charge in [0.2, 0.25) is 0 Å². The van der Waals surface area contributed by atoms with Gasteiger partial charge in [0.05, 0.1) is 16.3 Å². The van der Waals surface area contributed by atoms with Crippen molar-refractivity contribution in [1.82, 2.24) is 9.78 Å². The lowest BCUT2D eigenvalue weighted by atomic mass is 10.0. The third-order valence-electron chi connectivity index (χ3n) is 3.82. The van der Waals surface area contributed by atoms with Crippen LogP contribution in [0.5, 0.6) is 0 Å². The summed E-state index contributed by atoms with van der Waals surface area (Å²) < 4.78 is 68.2. The first-order chi connectivity index (χ1) is 13.1. The fourth-order valence-corrected chi connectivity index (χ4v) is 2.72. The number of carbonyl (C=O) groups excluding carboxylic acids is 1. The Morgan fingerprint density at radius 1 is 1.14 bits per heavy atom. The highest BCUT2D eigenvalue weighted by Gasteiger charge is 2.39. The molecule has 4 nitrogen and oxygen atoms in total. The van der Waals surface area contributed by atoms with Crippen LogP contribution in [-0.2, 0) is 13.2 Å². The predicted molar refractivity (Wildman–Crippen MR) is 93.0 cm³/mol. The molecule has 0 aliphatic heterocycles. The van der Waals surface area contributed by atoms with Crippen molar-refractivity contribution in [2.75, 3.05) is 5.32 Å². The maximum Gasteiger partial charge on any atom is 0.435 e. The Labute approximate surface area is 160 Å². The lowest BCUT2D eigenvalue weighted by Crippen LogP contribution is -2.18. The average molecular weight is 416 g/mol. The third kappa shape index (κ3) is 3.84. The van der Waals surface area contributed by atoms with Gasteiger partial charge in [-0.2, -0.15) is 18.3 Å². The topological polar surface area (TPSA) is 46.9 Å². The number of aryl methyl sites for hydroxylation is 1. The predicted octanol–water partition coefficient (Wildman–Crippen LogP) is 5.29. The molecule has 0 bridgehead atoms. The molecule has 0 saturated carbocycles. The van der Waals surface area contributed by atoms with E-state index in [1.165, 1.54) is 31.3 Å². The maximum atomic E-state index is 14.4. The zero-order valence-electron chi connectivity index (χ0n) is 14.1. The number of para-hydroxylation sites is 1. The van der Waals surface area contributed by atoms with Gasteiger partial charge in [0.1, 0.15) is 11.6 Å². The van der Waals surface area contributed by atoms with Crippen LogP contribution in [0.15, 0.2) is 42.6 Å². The molecule has 2 aromatic carbocycles. The number of rotatable bonds is 3. The van der Waals surface area contributed by atoms with Crippen molar-refractivity contribution in [2.45, 2.75) is 6.18 Å². The van der Waals surface area contributed by atoms with Crippen LogP contribution in [0.1, 0.15) is 16.1 Å². The van der Waals surface area contributed by atoms with Crippen LogP contribution in [0, 0.1) is 11.6 Å². The Morgan fingerprint density at radius 2 is 1.86 bits per heavy atom. The van der Waals surface area contributed by atoms with Gasteiger partial charge in [0.25, 0.3) is 5.91 Å². The molecule has 0 radical (unpaired) electrons. The summed E-state index contributed by atoms with van der Waals surface area (Å²) in [6, 6.07) is 7.37. The molecule has 0 unspecified atom stereocenters. The van der Waals surface area contributed by atoms with E-state index in [-0.39, 0.29) is 16.1 Å². The zero-order chi connectivity index (χ0) is 20.6. The standard InChI is InChI=1S/C18H11ClF5N3O/c1-27-8-11(16(26-27)18(22,23)24)17(28)25-15-10(3-2-4-13(15)20)9-5-6-12(19)14(21)7-9/h2-8H,1H3,(H,25,28). The van der Waals surface area contributed by atoms with Gasteiger partial charge in [-0.25, -0.2) is 8.78 Å². The molecule has 0 aliphatic rings. The lowest BCUT2D eigenvalue weighted by Gasteiger charge is -2.13. The highest BCUT2D eigenvalue weighted by atomic mass is 35.5. The summed E-state index contributed by atoms with van der Waals surface area (Å²) in [5.74, 6) is -2.88. The molecule has 1 N–H and O–H groups in total. The number of amides is 1. The molecule has 28 heavy (non-hydrogen) atoms. The van der Waals surface area contributed by atoms with E-state index in [0.717, 1.165) is 23.0 Å². The van der Waals surface area contributed by atoms with Crippen molar-refractivity contribution in [3.63, 3.8) is 0 Å². The van der Waals surface area contributed by atoms with Crippen LogP contribution in [0.4, 0.5) is 27.6 Å². The van der Waals surface area contributed by atoms with Crippen molar-refractivity contribution in [1.29, 1.82) is 0 Å². The van der Waals surface area contributed by atoms with E-state index in [1.54, 1.807) is 0 Å². The normalized spacial score (nSPS) is 11.5. The molecule has 10 heteroatoms. The maximum absolute atomic E-state index is 14.4. The van der Waals surface area contributed by atoms with Crippen LogP contribution >= 0.6 is 11.6 Å². The minimum atomic E-state index is -4.87. The number of alkyl halides is 3. The Kier molecular flexibility index (Phi) is 5.12. The van der Waals surface area contributed by atoms with Crippen molar-refractivity contribution in [3.8, 4) is 11.1 Å². The lowest BCUT2D eigenvalue weighted by molar-refractivity contribution is -0.141. The Hall–Kier alpha value is -2.94. The quantitative estimate of drug-likeness (QED) is 0.591. The van der Waals surface area contributed by atoms with Gasteiger partial charge in [-0.05, 0) is 23.8 Å². The van der Waals surface area contributed by atoms with E-state index in [1.807, 2.05) is 0 Å². The number of hydrogen-bond acceptors (Lipinski definition) is 2. The summed E-state index contributed by atoms with van der Waals surface area (Å²) in [4.78, 5) is 12.4. The van der Waals surface area contributed by atoms with Crippen LogP contribution in [-0.4, -0.2) is 15.7 Å².